The van der Waals surface area contributed by atoms with Gasteiger partial charge in [0.25, 0.3) is 6.43 Å². The number of aryl methyl sites for hydroxylation is 1. The normalized spacial score (nSPS) is 10.6. The largest absolute Gasteiger partial charge is 0.465 e. The van der Waals surface area contributed by atoms with Gasteiger partial charge in [-0.15, -0.1) is 0 Å². The van der Waals surface area contributed by atoms with E-state index < -0.39 is 30.8 Å². The quantitative estimate of drug-likeness (QED) is 0.771. The van der Waals surface area contributed by atoms with Crippen LogP contribution in [0.15, 0.2) is 24.3 Å². The third kappa shape index (κ3) is 4.87. The van der Waals surface area contributed by atoms with Crippen molar-refractivity contribution in [3.05, 3.63) is 46.8 Å². The number of alkyl halides is 2. The van der Waals surface area contributed by atoms with E-state index in [1.54, 1.807) is 0 Å². The van der Waals surface area contributed by atoms with E-state index in [-0.39, 0.29) is 22.5 Å². The first-order chi connectivity index (χ1) is 12.7. The zero-order chi connectivity index (χ0) is 20.1. The molecule has 2 aromatic rings. The Kier molecular flexibility index (Phi) is 6.22. The van der Waals surface area contributed by atoms with Gasteiger partial charge in [0.2, 0.25) is 5.91 Å². The van der Waals surface area contributed by atoms with Crippen LogP contribution >= 0.6 is 0 Å². The van der Waals surface area contributed by atoms with Crippen molar-refractivity contribution >= 4 is 23.5 Å². The molecule has 0 saturated heterocycles. The number of halogens is 2. The summed E-state index contributed by atoms with van der Waals surface area (Å²) in [4.78, 5) is 35.7. The lowest BCUT2D eigenvalue weighted by molar-refractivity contribution is -0.117. The summed E-state index contributed by atoms with van der Waals surface area (Å²) >= 11 is 0. The van der Waals surface area contributed by atoms with Crippen molar-refractivity contribution in [2.45, 2.75) is 19.9 Å². The van der Waals surface area contributed by atoms with Gasteiger partial charge in [-0.2, -0.15) is 5.10 Å². The number of esters is 2. The van der Waals surface area contributed by atoms with E-state index in [9.17, 15) is 23.2 Å². The van der Waals surface area contributed by atoms with Gasteiger partial charge in [0.1, 0.15) is 12.2 Å². The highest BCUT2D eigenvalue weighted by Crippen LogP contribution is 2.20. The first-order valence-corrected chi connectivity index (χ1v) is 7.69. The lowest BCUT2D eigenvalue weighted by atomic mass is 10.1. The average molecular weight is 381 g/mol. The molecule has 0 bridgehead atoms. The van der Waals surface area contributed by atoms with E-state index in [2.05, 4.69) is 19.9 Å². The smallest absolute Gasteiger partial charge is 0.337 e. The van der Waals surface area contributed by atoms with Crippen molar-refractivity contribution < 1.29 is 32.6 Å². The fraction of sp³-hybridized carbons (Fsp3) is 0.294. The number of nitrogens with one attached hydrogen (secondary N) is 1. The van der Waals surface area contributed by atoms with Crippen molar-refractivity contribution in [3.8, 4) is 0 Å². The van der Waals surface area contributed by atoms with Gasteiger partial charge in [-0.05, 0) is 31.2 Å². The van der Waals surface area contributed by atoms with Gasteiger partial charge in [-0.25, -0.2) is 18.4 Å². The molecule has 10 heteroatoms. The molecule has 0 spiro atoms. The number of methoxy groups -OCH3 is 2. The van der Waals surface area contributed by atoms with Crippen molar-refractivity contribution in [1.29, 1.82) is 0 Å². The molecule has 0 saturated carbocycles. The van der Waals surface area contributed by atoms with Crippen LogP contribution in [0.1, 0.15) is 38.5 Å². The molecule has 1 heterocycles. The third-order valence-corrected chi connectivity index (χ3v) is 3.51. The summed E-state index contributed by atoms with van der Waals surface area (Å²) in [7, 11) is 2.33. The van der Waals surface area contributed by atoms with Crippen molar-refractivity contribution in [2.75, 3.05) is 19.5 Å². The maximum absolute atomic E-state index is 13.0. The zero-order valence-corrected chi connectivity index (χ0v) is 14.8. The second-order valence-electron chi connectivity index (χ2n) is 5.50. The van der Waals surface area contributed by atoms with Crippen molar-refractivity contribution in [3.63, 3.8) is 0 Å². The summed E-state index contributed by atoms with van der Waals surface area (Å²) in [5.74, 6) is -2.12. The van der Waals surface area contributed by atoms with Gasteiger partial charge in [-0.1, -0.05) is 0 Å². The topological polar surface area (TPSA) is 99.5 Å². The highest BCUT2D eigenvalue weighted by atomic mass is 19.3. The number of benzene rings is 1. The van der Waals surface area contributed by atoms with E-state index in [4.69, 9.17) is 0 Å². The van der Waals surface area contributed by atoms with E-state index in [1.165, 1.54) is 31.2 Å². The molecule has 27 heavy (non-hydrogen) atoms. The van der Waals surface area contributed by atoms with Gasteiger partial charge < -0.3 is 14.8 Å². The number of hydrogen-bond acceptors (Lipinski definition) is 6. The molecule has 0 atom stereocenters. The van der Waals surface area contributed by atoms with Crippen LogP contribution in [-0.2, 0) is 20.8 Å². The number of ether oxygens (including phenoxy) is 2. The van der Waals surface area contributed by atoms with Crippen molar-refractivity contribution in [2.24, 2.45) is 0 Å². The van der Waals surface area contributed by atoms with Crippen LogP contribution in [0.25, 0.3) is 0 Å². The Balaban J connectivity index is 2.26. The van der Waals surface area contributed by atoms with Crippen molar-refractivity contribution in [1.82, 2.24) is 9.78 Å². The van der Waals surface area contributed by atoms with E-state index >= 15 is 0 Å². The first kappa shape index (κ1) is 20.0. The van der Waals surface area contributed by atoms with Crippen LogP contribution < -0.4 is 5.32 Å². The third-order valence-electron chi connectivity index (χ3n) is 3.51. The predicted molar refractivity (Wildman–Crippen MR) is 89.7 cm³/mol. The highest BCUT2D eigenvalue weighted by Gasteiger charge is 2.19. The number of nitrogens with zero attached hydrogens (tertiary/aromatic N) is 2. The fourth-order valence-electron chi connectivity index (χ4n) is 2.38. The standard InChI is InChI=1S/C17H17F2N3O5/c1-9-4-13(15(18)19)22(21-9)8-14(23)20-12-6-10(16(24)26-2)5-11(7-12)17(25)27-3/h4-7,15H,8H2,1-3H3,(H,20,23). The molecular weight excluding hydrogens is 364 g/mol. The lowest BCUT2D eigenvalue weighted by Crippen LogP contribution is -2.21. The number of hydrogen-bond donors (Lipinski definition) is 1. The molecule has 0 unspecified atom stereocenters. The Bertz CT molecular complexity index is 845. The van der Waals surface area contributed by atoms with Gasteiger partial charge in [-0.3, -0.25) is 9.48 Å². The van der Waals surface area contributed by atoms with Crippen LogP contribution in [0.3, 0.4) is 0 Å². The molecule has 144 valence electrons. The molecule has 0 aliphatic rings. The average Bonchev–Trinajstić information content (AvgIpc) is 3.00. The Morgan fingerprint density at radius 2 is 1.63 bits per heavy atom. The molecule has 1 aromatic carbocycles. The van der Waals surface area contributed by atoms with E-state index in [1.807, 2.05) is 0 Å². The number of carbonyl (C=O) groups excluding carboxylic acids is 3. The molecule has 8 nitrogen and oxygen atoms in total. The molecular formula is C17H17F2N3O5. The second-order valence-corrected chi connectivity index (χ2v) is 5.50. The number of anilines is 1. The van der Waals surface area contributed by atoms with Gasteiger partial charge in [0.05, 0.1) is 31.0 Å². The maximum Gasteiger partial charge on any atom is 0.337 e. The molecule has 1 amide bonds. The molecule has 1 aromatic heterocycles. The highest BCUT2D eigenvalue weighted by molar-refractivity contribution is 5.99. The Morgan fingerprint density at radius 3 is 2.11 bits per heavy atom. The summed E-state index contributed by atoms with van der Waals surface area (Å²) in [6, 6.07) is 5.02. The van der Waals surface area contributed by atoms with Crippen LogP contribution in [-0.4, -0.2) is 41.8 Å². The fourth-order valence-corrected chi connectivity index (χ4v) is 2.38. The number of rotatable bonds is 6. The SMILES string of the molecule is COC(=O)c1cc(NC(=O)Cn2nc(C)cc2C(F)F)cc(C(=O)OC)c1. The number of aromatic nitrogens is 2. The zero-order valence-electron chi connectivity index (χ0n) is 14.8. The summed E-state index contributed by atoms with van der Waals surface area (Å²) in [6.45, 7) is 1.06. The molecule has 1 N–H and O–H groups in total. The van der Waals surface area contributed by atoms with Gasteiger partial charge in [0, 0.05) is 5.69 Å². The molecule has 0 fully saturated rings. The van der Waals surface area contributed by atoms with E-state index in [0.717, 1.165) is 18.9 Å². The molecule has 2 rings (SSSR count). The van der Waals surface area contributed by atoms with Gasteiger partial charge in [0.15, 0.2) is 0 Å². The van der Waals surface area contributed by atoms with Crippen LogP contribution in [0.5, 0.6) is 0 Å². The summed E-state index contributed by atoms with van der Waals surface area (Å²) < 4.78 is 36.1. The molecule has 0 aliphatic carbocycles. The summed E-state index contributed by atoms with van der Waals surface area (Å²) in [6.07, 6.45) is -2.78. The van der Waals surface area contributed by atoms with Crippen LogP contribution in [0.2, 0.25) is 0 Å². The van der Waals surface area contributed by atoms with Crippen LogP contribution in [0, 0.1) is 6.92 Å². The summed E-state index contributed by atoms with van der Waals surface area (Å²) in [5, 5.41) is 6.30. The minimum Gasteiger partial charge on any atom is -0.465 e. The lowest BCUT2D eigenvalue weighted by Gasteiger charge is -2.11. The summed E-state index contributed by atoms with van der Waals surface area (Å²) in [5.41, 5.74) is 0.0866. The molecule has 0 aliphatic heterocycles. The Hall–Kier alpha value is -3.30. The predicted octanol–water partition coefficient (Wildman–Crippen LogP) is 2.34. The Morgan fingerprint density at radius 1 is 1.07 bits per heavy atom. The number of amides is 1. The second kappa shape index (κ2) is 8.39. The first-order valence-electron chi connectivity index (χ1n) is 7.69. The monoisotopic (exact) mass is 381 g/mol. The van der Waals surface area contributed by atoms with Gasteiger partial charge >= 0.3 is 11.9 Å². The van der Waals surface area contributed by atoms with Crippen LogP contribution in [0.4, 0.5) is 14.5 Å². The Labute approximate surface area is 153 Å². The minimum atomic E-state index is -2.78. The molecule has 0 radical (unpaired) electrons. The maximum atomic E-state index is 13.0. The minimum absolute atomic E-state index is 0.0129. The number of carbonyl (C=O) groups is 3. The van der Waals surface area contributed by atoms with E-state index in [0.29, 0.717) is 5.69 Å².